The maximum Gasteiger partial charge on any atom is 0.236 e. The summed E-state index contributed by atoms with van der Waals surface area (Å²) in [5.41, 5.74) is 0. The Labute approximate surface area is 110 Å². The van der Waals surface area contributed by atoms with Gasteiger partial charge in [-0.05, 0) is 31.1 Å². The Morgan fingerprint density at radius 1 is 1.28 bits per heavy atom. The number of rotatable bonds is 3. The van der Waals surface area contributed by atoms with Crippen molar-refractivity contribution in [2.45, 2.75) is 39.2 Å². The second-order valence-corrected chi connectivity index (χ2v) is 5.88. The first-order valence-corrected chi connectivity index (χ1v) is 7.25. The number of morpholine rings is 1. The largest absolute Gasteiger partial charge is 0.378 e. The molecule has 104 valence electrons. The lowest BCUT2D eigenvalue weighted by Gasteiger charge is -2.34. The molecule has 0 aromatic heterocycles. The summed E-state index contributed by atoms with van der Waals surface area (Å²) in [7, 11) is 0. The molecule has 3 unspecified atom stereocenters. The summed E-state index contributed by atoms with van der Waals surface area (Å²) in [4.78, 5) is 13.9. The lowest BCUT2D eigenvalue weighted by Crippen LogP contribution is -2.48. The summed E-state index contributed by atoms with van der Waals surface area (Å²) in [5.74, 6) is 1.75. The van der Waals surface area contributed by atoms with Gasteiger partial charge >= 0.3 is 0 Å². The quantitative estimate of drug-likeness (QED) is 0.824. The molecule has 1 N–H and O–H groups in total. The van der Waals surface area contributed by atoms with Crippen LogP contribution in [-0.4, -0.2) is 49.7 Å². The number of nitrogens with zero attached hydrogens (tertiary/aromatic N) is 1. The molecule has 1 saturated carbocycles. The van der Waals surface area contributed by atoms with Crippen molar-refractivity contribution in [2.75, 3.05) is 32.8 Å². The third-order valence-corrected chi connectivity index (χ3v) is 4.31. The standard InChI is InChI=1S/C14H26N2O2/c1-11-3-4-13(12(2)9-11)15-10-14(17)16-5-7-18-8-6-16/h11-13,15H,3-10H2,1-2H3. The monoisotopic (exact) mass is 254 g/mol. The van der Waals surface area contributed by atoms with E-state index in [9.17, 15) is 4.79 Å². The molecule has 1 amide bonds. The second-order valence-electron chi connectivity index (χ2n) is 5.88. The Morgan fingerprint density at radius 2 is 2.00 bits per heavy atom. The van der Waals surface area contributed by atoms with Gasteiger partial charge in [-0.25, -0.2) is 0 Å². The fraction of sp³-hybridized carbons (Fsp3) is 0.929. The lowest BCUT2D eigenvalue weighted by molar-refractivity contribution is -0.134. The van der Waals surface area contributed by atoms with E-state index in [1.54, 1.807) is 0 Å². The fourth-order valence-corrected chi connectivity index (χ4v) is 3.11. The molecular weight excluding hydrogens is 228 g/mol. The Hall–Kier alpha value is -0.610. The highest BCUT2D eigenvalue weighted by Crippen LogP contribution is 2.28. The first kappa shape index (κ1) is 13.8. The maximum absolute atomic E-state index is 12.0. The van der Waals surface area contributed by atoms with Crippen LogP contribution in [0.1, 0.15) is 33.1 Å². The average Bonchev–Trinajstić information content (AvgIpc) is 2.38. The molecule has 2 aliphatic rings. The van der Waals surface area contributed by atoms with Gasteiger partial charge in [0.1, 0.15) is 0 Å². The molecular formula is C14H26N2O2. The molecule has 4 heteroatoms. The maximum atomic E-state index is 12.0. The van der Waals surface area contributed by atoms with Gasteiger partial charge in [-0.1, -0.05) is 13.8 Å². The van der Waals surface area contributed by atoms with Gasteiger partial charge < -0.3 is 15.0 Å². The van der Waals surface area contributed by atoms with Crippen LogP contribution in [0.25, 0.3) is 0 Å². The van der Waals surface area contributed by atoms with E-state index in [1.807, 2.05) is 4.90 Å². The number of carbonyl (C=O) groups is 1. The zero-order valence-corrected chi connectivity index (χ0v) is 11.7. The van der Waals surface area contributed by atoms with E-state index < -0.39 is 0 Å². The van der Waals surface area contributed by atoms with Crippen LogP contribution in [0, 0.1) is 11.8 Å². The summed E-state index contributed by atoms with van der Waals surface area (Å²) < 4.78 is 5.26. The first-order valence-electron chi connectivity index (χ1n) is 7.25. The minimum Gasteiger partial charge on any atom is -0.378 e. The van der Waals surface area contributed by atoms with Gasteiger partial charge in [0.2, 0.25) is 5.91 Å². The van der Waals surface area contributed by atoms with Crippen LogP contribution < -0.4 is 5.32 Å². The van der Waals surface area contributed by atoms with Gasteiger partial charge in [0.05, 0.1) is 19.8 Å². The van der Waals surface area contributed by atoms with Gasteiger partial charge in [-0.15, -0.1) is 0 Å². The Morgan fingerprint density at radius 3 is 2.67 bits per heavy atom. The number of ether oxygens (including phenoxy) is 1. The SMILES string of the molecule is CC1CCC(NCC(=O)N2CCOCC2)C(C)C1. The van der Waals surface area contributed by atoms with Crippen LogP contribution in [0.5, 0.6) is 0 Å². The van der Waals surface area contributed by atoms with Crippen molar-refractivity contribution < 1.29 is 9.53 Å². The molecule has 4 nitrogen and oxygen atoms in total. The van der Waals surface area contributed by atoms with Crippen molar-refractivity contribution >= 4 is 5.91 Å². The van der Waals surface area contributed by atoms with Crippen molar-refractivity contribution in [3.05, 3.63) is 0 Å². The van der Waals surface area contributed by atoms with Gasteiger partial charge in [-0.3, -0.25) is 4.79 Å². The van der Waals surface area contributed by atoms with E-state index in [-0.39, 0.29) is 5.91 Å². The molecule has 0 spiro atoms. The van der Waals surface area contributed by atoms with E-state index in [2.05, 4.69) is 19.2 Å². The van der Waals surface area contributed by atoms with Crippen LogP contribution in [0.15, 0.2) is 0 Å². The van der Waals surface area contributed by atoms with Crippen molar-refractivity contribution in [3.8, 4) is 0 Å². The number of nitrogens with one attached hydrogen (secondary N) is 1. The van der Waals surface area contributed by atoms with Crippen molar-refractivity contribution in [1.82, 2.24) is 10.2 Å². The highest BCUT2D eigenvalue weighted by Gasteiger charge is 2.26. The van der Waals surface area contributed by atoms with Crippen molar-refractivity contribution in [3.63, 3.8) is 0 Å². The average molecular weight is 254 g/mol. The summed E-state index contributed by atoms with van der Waals surface area (Å²) >= 11 is 0. The van der Waals surface area contributed by atoms with Crippen LogP contribution in [-0.2, 0) is 9.53 Å². The molecule has 2 fully saturated rings. The molecule has 1 aliphatic heterocycles. The van der Waals surface area contributed by atoms with E-state index in [0.29, 0.717) is 31.7 Å². The van der Waals surface area contributed by atoms with Crippen LogP contribution in [0.4, 0.5) is 0 Å². The Bertz CT molecular complexity index is 277. The molecule has 1 heterocycles. The van der Waals surface area contributed by atoms with Crippen LogP contribution in [0.3, 0.4) is 0 Å². The molecule has 0 radical (unpaired) electrons. The predicted molar refractivity (Wildman–Crippen MR) is 71.4 cm³/mol. The van der Waals surface area contributed by atoms with Crippen molar-refractivity contribution in [1.29, 1.82) is 0 Å². The third-order valence-electron chi connectivity index (χ3n) is 4.31. The highest BCUT2D eigenvalue weighted by molar-refractivity contribution is 5.78. The lowest BCUT2D eigenvalue weighted by atomic mass is 9.80. The summed E-state index contributed by atoms with van der Waals surface area (Å²) in [6.07, 6.45) is 3.77. The fourth-order valence-electron chi connectivity index (χ4n) is 3.11. The Balaban J connectivity index is 1.71. The normalized spacial score (nSPS) is 33.4. The topological polar surface area (TPSA) is 41.6 Å². The zero-order chi connectivity index (χ0) is 13.0. The molecule has 2 rings (SSSR count). The predicted octanol–water partition coefficient (Wildman–Crippen LogP) is 1.26. The molecule has 0 aromatic rings. The summed E-state index contributed by atoms with van der Waals surface area (Å²) in [6, 6.07) is 0.520. The van der Waals surface area contributed by atoms with Gasteiger partial charge in [0, 0.05) is 19.1 Å². The molecule has 1 aliphatic carbocycles. The number of hydrogen-bond donors (Lipinski definition) is 1. The summed E-state index contributed by atoms with van der Waals surface area (Å²) in [6.45, 7) is 7.98. The number of carbonyl (C=O) groups excluding carboxylic acids is 1. The first-order chi connectivity index (χ1) is 8.66. The van der Waals surface area contributed by atoms with E-state index >= 15 is 0 Å². The zero-order valence-electron chi connectivity index (χ0n) is 11.7. The summed E-state index contributed by atoms with van der Waals surface area (Å²) in [5, 5.41) is 3.46. The van der Waals surface area contributed by atoms with Crippen LogP contribution >= 0.6 is 0 Å². The molecule has 3 atom stereocenters. The Kier molecular flexibility index (Phi) is 5.01. The minimum absolute atomic E-state index is 0.226. The highest BCUT2D eigenvalue weighted by atomic mass is 16.5. The van der Waals surface area contributed by atoms with E-state index in [4.69, 9.17) is 4.74 Å². The molecule has 0 aromatic carbocycles. The smallest absolute Gasteiger partial charge is 0.236 e. The van der Waals surface area contributed by atoms with Gasteiger partial charge in [0.25, 0.3) is 0 Å². The third kappa shape index (κ3) is 3.69. The number of hydrogen-bond acceptors (Lipinski definition) is 3. The van der Waals surface area contributed by atoms with E-state index in [0.717, 1.165) is 19.0 Å². The van der Waals surface area contributed by atoms with Crippen LogP contribution in [0.2, 0.25) is 0 Å². The minimum atomic E-state index is 0.226. The molecule has 1 saturated heterocycles. The number of amides is 1. The second kappa shape index (κ2) is 6.53. The van der Waals surface area contributed by atoms with E-state index in [1.165, 1.54) is 19.3 Å². The molecule has 0 bridgehead atoms. The molecule has 18 heavy (non-hydrogen) atoms. The van der Waals surface area contributed by atoms with Crippen molar-refractivity contribution in [2.24, 2.45) is 11.8 Å². The van der Waals surface area contributed by atoms with Gasteiger partial charge in [-0.2, -0.15) is 0 Å². The van der Waals surface area contributed by atoms with Gasteiger partial charge in [0.15, 0.2) is 0 Å².